The first-order valence-corrected chi connectivity index (χ1v) is 15.5. The van der Waals surface area contributed by atoms with Crippen molar-refractivity contribution in [3.05, 3.63) is 139 Å². The van der Waals surface area contributed by atoms with Crippen LogP contribution in [0.2, 0.25) is 0 Å². The molecule has 0 fully saturated rings. The van der Waals surface area contributed by atoms with Crippen molar-refractivity contribution in [3.63, 3.8) is 0 Å². The molecule has 6 rings (SSSR count). The number of halogens is 1. The maximum atomic E-state index is 13.8. The van der Waals surface area contributed by atoms with Crippen LogP contribution in [0.1, 0.15) is 64.4 Å². The van der Waals surface area contributed by atoms with Gasteiger partial charge in [-0.2, -0.15) is 0 Å². The number of ether oxygens (including phenoxy) is 1. The van der Waals surface area contributed by atoms with E-state index in [0.29, 0.717) is 11.1 Å². The Morgan fingerprint density at radius 1 is 0.800 bits per heavy atom. The molecule has 2 aliphatic carbocycles. The van der Waals surface area contributed by atoms with E-state index in [1.807, 2.05) is 43.3 Å². The Bertz CT molecular complexity index is 2000. The van der Waals surface area contributed by atoms with Crippen molar-refractivity contribution in [1.82, 2.24) is 5.32 Å². The van der Waals surface area contributed by atoms with Gasteiger partial charge in [-0.15, -0.1) is 11.3 Å². The van der Waals surface area contributed by atoms with Gasteiger partial charge in [0.1, 0.15) is 16.3 Å². The van der Waals surface area contributed by atoms with Gasteiger partial charge in [0.05, 0.1) is 6.61 Å². The van der Waals surface area contributed by atoms with E-state index < -0.39 is 17.5 Å². The van der Waals surface area contributed by atoms with E-state index >= 15 is 0 Å². The number of nitrogens with one attached hydrogen (secondary N) is 1. The number of Topliss-reactive ketones (excluding diaryl/α,β-unsaturated/α-hetero) is 4. The summed E-state index contributed by atoms with van der Waals surface area (Å²) in [5.74, 6) is -2.50. The molecule has 1 heterocycles. The van der Waals surface area contributed by atoms with Gasteiger partial charge in [0.15, 0.2) is 5.78 Å². The van der Waals surface area contributed by atoms with Crippen LogP contribution >= 0.6 is 22.9 Å². The Kier molecular flexibility index (Phi) is 8.18. The van der Waals surface area contributed by atoms with Crippen LogP contribution in [0.25, 0.3) is 10.4 Å². The average Bonchev–Trinajstić information content (AvgIpc) is 3.52. The molecule has 2 aliphatic rings. The molecule has 224 valence electrons. The summed E-state index contributed by atoms with van der Waals surface area (Å²) in [6.07, 6.45) is 0.127. The van der Waals surface area contributed by atoms with Crippen LogP contribution in [0.3, 0.4) is 0 Å². The Morgan fingerprint density at radius 2 is 1.49 bits per heavy atom. The minimum atomic E-state index is -0.815. The zero-order chi connectivity index (χ0) is 31.8. The lowest BCUT2D eigenvalue weighted by atomic mass is 9.81. The summed E-state index contributed by atoms with van der Waals surface area (Å²) in [6, 6.07) is 22.9. The number of hydrogen-bond donors (Lipinski definition) is 1. The molecule has 4 aromatic rings. The SMILES string of the molecule is CCOC(=O)C1=C(Cc2ccc(C)cc2)C(=O)c2ccc(-c3ccc(CNC4=C(Cl)C(=O)c5ccccc5C4=O)s3)cc2C1=O. The van der Waals surface area contributed by atoms with Gasteiger partial charge >= 0.3 is 5.97 Å². The summed E-state index contributed by atoms with van der Waals surface area (Å²) < 4.78 is 5.21. The van der Waals surface area contributed by atoms with Gasteiger partial charge in [0.25, 0.3) is 0 Å². The highest BCUT2D eigenvalue weighted by Gasteiger charge is 2.37. The number of aryl methyl sites for hydroxylation is 1. The van der Waals surface area contributed by atoms with Crippen molar-refractivity contribution in [1.29, 1.82) is 0 Å². The number of carbonyl (C=O) groups excluding carboxylic acids is 5. The van der Waals surface area contributed by atoms with Crippen LogP contribution in [0.15, 0.2) is 101 Å². The molecule has 9 heteroatoms. The van der Waals surface area contributed by atoms with E-state index in [4.69, 9.17) is 16.3 Å². The van der Waals surface area contributed by atoms with Gasteiger partial charge in [-0.1, -0.05) is 71.8 Å². The highest BCUT2D eigenvalue weighted by molar-refractivity contribution is 7.15. The average molecular weight is 636 g/mol. The maximum Gasteiger partial charge on any atom is 0.342 e. The van der Waals surface area contributed by atoms with E-state index in [0.717, 1.165) is 20.9 Å². The topological polar surface area (TPSA) is 107 Å². The highest BCUT2D eigenvalue weighted by atomic mass is 35.5. The molecule has 7 nitrogen and oxygen atoms in total. The van der Waals surface area contributed by atoms with Gasteiger partial charge in [-0.3, -0.25) is 19.2 Å². The van der Waals surface area contributed by atoms with Crippen molar-refractivity contribution in [3.8, 4) is 10.4 Å². The number of hydrogen-bond acceptors (Lipinski definition) is 8. The van der Waals surface area contributed by atoms with Crippen LogP contribution in [0, 0.1) is 6.92 Å². The zero-order valence-electron chi connectivity index (χ0n) is 24.4. The Balaban J connectivity index is 1.26. The first-order valence-electron chi connectivity index (χ1n) is 14.3. The number of allylic oxidation sites excluding steroid dienone is 3. The number of fused-ring (bicyclic) bond motifs is 2. The van der Waals surface area contributed by atoms with E-state index in [1.54, 1.807) is 49.4 Å². The number of benzene rings is 3. The summed E-state index contributed by atoms with van der Waals surface area (Å²) >= 11 is 7.70. The van der Waals surface area contributed by atoms with Gasteiger partial charge < -0.3 is 10.1 Å². The molecule has 3 aromatic carbocycles. The molecule has 0 saturated heterocycles. The molecule has 0 unspecified atom stereocenters. The lowest BCUT2D eigenvalue weighted by molar-refractivity contribution is -0.138. The largest absolute Gasteiger partial charge is 0.462 e. The van der Waals surface area contributed by atoms with Crippen LogP contribution in [-0.2, 0) is 22.5 Å². The second-order valence-electron chi connectivity index (χ2n) is 10.7. The van der Waals surface area contributed by atoms with Crippen molar-refractivity contribution < 1.29 is 28.7 Å². The summed E-state index contributed by atoms with van der Waals surface area (Å²) in [5.41, 5.74) is 3.44. The number of ketones is 4. The fraction of sp³-hybridized carbons (Fsp3) is 0.139. The fourth-order valence-corrected chi connectivity index (χ4v) is 6.63. The summed E-state index contributed by atoms with van der Waals surface area (Å²) in [6.45, 7) is 3.90. The molecular weight excluding hydrogens is 610 g/mol. The van der Waals surface area contributed by atoms with Gasteiger partial charge in [-0.25, -0.2) is 4.79 Å². The van der Waals surface area contributed by atoms with Crippen molar-refractivity contribution in [2.24, 2.45) is 0 Å². The highest BCUT2D eigenvalue weighted by Crippen LogP contribution is 2.35. The van der Waals surface area contributed by atoms with Crippen LogP contribution in [-0.4, -0.2) is 35.7 Å². The quantitative estimate of drug-likeness (QED) is 0.167. The molecule has 0 saturated carbocycles. The molecule has 0 spiro atoms. The number of carbonyl (C=O) groups is 5. The standard InChI is InChI=1S/C36H26ClNO6S/c1-3-44-36(43)29-27(16-20-10-8-19(2)9-11-20)32(39)25-14-12-21(17-26(25)33(29)40)28-15-13-22(45-28)18-38-31-30(37)34(41)23-6-4-5-7-24(23)35(31)42/h4-15,17,38H,3,16,18H2,1-2H3. The van der Waals surface area contributed by atoms with Gasteiger partial charge in [0, 0.05) is 50.5 Å². The Hall–Kier alpha value is -4.92. The normalized spacial score (nSPS) is 14.5. The molecule has 1 N–H and O–H groups in total. The lowest BCUT2D eigenvalue weighted by Gasteiger charge is -2.21. The Morgan fingerprint density at radius 3 is 2.20 bits per heavy atom. The molecule has 0 amide bonds. The number of esters is 1. The summed E-state index contributed by atoms with van der Waals surface area (Å²) in [7, 11) is 0. The minimum absolute atomic E-state index is 0.0490. The first-order chi connectivity index (χ1) is 21.7. The third-order valence-electron chi connectivity index (χ3n) is 7.74. The molecular formula is C36H26ClNO6S. The second kappa shape index (κ2) is 12.2. The molecule has 0 radical (unpaired) electrons. The minimum Gasteiger partial charge on any atom is -0.462 e. The van der Waals surface area contributed by atoms with Crippen LogP contribution in [0.5, 0.6) is 0 Å². The molecule has 0 bridgehead atoms. The van der Waals surface area contributed by atoms with Crippen LogP contribution in [0.4, 0.5) is 0 Å². The zero-order valence-corrected chi connectivity index (χ0v) is 25.9. The predicted molar refractivity (Wildman–Crippen MR) is 172 cm³/mol. The third kappa shape index (κ3) is 5.59. The summed E-state index contributed by atoms with van der Waals surface area (Å²) in [4.78, 5) is 67.8. The van der Waals surface area contributed by atoms with Gasteiger partial charge in [0.2, 0.25) is 17.3 Å². The number of rotatable bonds is 8. The third-order valence-corrected chi connectivity index (χ3v) is 9.24. The number of thiophene rings is 1. The smallest absolute Gasteiger partial charge is 0.342 e. The summed E-state index contributed by atoms with van der Waals surface area (Å²) in [5, 5.41) is 2.87. The van der Waals surface area contributed by atoms with Gasteiger partial charge in [-0.05, 0) is 49.2 Å². The lowest BCUT2D eigenvalue weighted by Crippen LogP contribution is -2.28. The van der Waals surface area contributed by atoms with E-state index in [1.165, 1.54) is 11.3 Å². The maximum absolute atomic E-state index is 13.8. The first kappa shape index (κ1) is 30.1. The second-order valence-corrected chi connectivity index (χ2v) is 12.2. The van der Waals surface area contributed by atoms with E-state index in [2.05, 4.69) is 5.32 Å². The molecule has 45 heavy (non-hydrogen) atoms. The molecule has 0 aliphatic heterocycles. The Labute approximate surface area is 268 Å². The molecule has 0 atom stereocenters. The van der Waals surface area contributed by atoms with Crippen LogP contribution < -0.4 is 5.32 Å². The molecule has 1 aromatic heterocycles. The van der Waals surface area contributed by atoms with E-state index in [9.17, 15) is 24.0 Å². The van der Waals surface area contributed by atoms with Crippen molar-refractivity contribution in [2.45, 2.75) is 26.8 Å². The van der Waals surface area contributed by atoms with Crippen molar-refractivity contribution >= 4 is 52.0 Å². The van der Waals surface area contributed by atoms with E-state index in [-0.39, 0.29) is 69.7 Å². The predicted octanol–water partition coefficient (Wildman–Crippen LogP) is 6.82. The monoisotopic (exact) mass is 635 g/mol. The fourth-order valence-electron chi connectivity index (χ4n) is 5.44. The van der Waals surface area contributed by atoms with Crippen molar-refractivity contribution in [2.75, 3.05) is 6.61 Å².